The van der Waals surface area contributed by atoms with Crippen molar-refractivity contribution >= 4 is 6.09 Å². The molecular formula is C12H21F3N2O2. The third kappa shape index (κ3) is 6.13. The highest BCUT2D eigenvalue weighted by Gasteiger charge is 2.34. The summed E-state index contributed by atoms with van der Waals surface area (Å²) in [5.74, 6) is 0. The number of halogens is 3. The van der Waals surface area contributed by atoms with Gasteiger partial charge in [0.05, 0.1) is 6.42 Å². The molecule has 0 bridgehead atoms. The Labute approximate surface area is 111 Å². The molecule has 7 heteroatoms. The summed E-state index contributed by atoms with van der Waals surface area (Å²) in [6, 6.07) is -0.225. The number of alkyl halides is 3. The smallest absolute Gasteiger partial charge is 0.410 e. The van der Waals surface area contributed by atoms with Crippen LogP contribution in [0.15, 0.2) is 0 Å². The Hall–Kier alpha value is -0.980. The van der Waals surface area contributed by atoms with Crippen molar-refractivity contribution in [2.24, 2.45) is 0 Å². The van der Waals surface area contributed by atoms with Gasteiger partial charge >= 0.3 is 12.3 Å². The summed E-state index contributed by atoms with van der Waals surface area (Å²) in [4.78, 5) is 13.2. The normalized spacial score (nSPS) is 20.4. The second-order valence-electron chi connectivity index (χ2n) is 5.69. The van der Waals surface area contributed by atoms with Crippen molar-refractivity contribution in [2.75, 3.05) is 19.6 Å². The molecule has 0 saturated carbocycles. The Morgan fingerprint density at radius 2 is 2.00 bits per heavy atom. The van der Waals surface area contributed by atoms with E-state index in [2.05, 4.69) is 5.32 Å². The van der Waals surface area contributed by atoms with E-state index in [4.69, 9.17) is 4.74 Å². The second kappa shape index (κ2) is 5.98. The molecule has 0 aromatic carbocycles. The molecular weight excluding hydrogens is 261 g/mol. The molecule has 1 amide bonds. The fraction of sp³-hybridized carbons (Fsp3) is 0.917. The van der Waals surface area contributed by atoms with Gasteiger partial charge in [0.1, 0.15) is 5.60 Å². The lowest BCUT2D eigenvalue weighted by atomic mass is 10.2. The summed E-state index contributed by atoms with van der Waals surface area (Å²) in [5.41, 5.74) is -0.709. The highest BCUT2D eigenvalue weighted by atomic mass is 19.4. The lowest BCUT2D eigenvalue weighted by molar-refractivity contribution is -0.138. The number of hydrogen-bond donors (Lipinski definition) is 1. The van der Waals surface area contributed by atoms with Crippen LogP contribution >= 0.6 is 0 Å². The molecule has 1 saturated heterocycles. The molecule has 0 aromatic rings. The first-order chi connectivity index (χ1) is 8.58. The topological polar surface area (TPSA) is 41.6 Å². The molecule has 112 valence electrons. The van der Waals surface area contributed by atoms with Gasteiger partial charge in [-0.2, -0.15) is 13.2 Å². The molecule has 0 unspecified atom stereocenters. The highest BCUT2D eigenvalue weighted by molar-refractivity contribution is 5.68. The summed E-state index contributed by atoms with van der Waals surface area (Å²) < 4.78 is 42.1. The predicted molar refractivity (Wildman–Crippen MR) is 64.9 cm³/mol. The number of carbonyl (C=O) groups is 1. The van der Waals surface area contributed by atoms with Gasteiger partial charge in [-0.25, -0.2) is 4.79 Å². The predicted octanol–water partition coefficient (Wildman–Crippen LogP) is 2.54. The van der Waals surface area contributed by atoms with Gasteiger partial charge in [0.2, 0.25) is 0 Å². The monoisotopic (exact) mass is 282 g/mol. The minimum atomic E-state index is -4.27. The maximum absolute atomic E-state index is 12.3. The van der Waals surface area contributed by atoms with Crippen LogP contribution in [-0.4, -0.2) is 48.4 Å². The standard InChI is InChI=1S/C12H21F3N2O2/c1-11(2,3)19-10(18)17(7-5-12(13,14)15)9-4-6-16-8-9/h9,16H,4-8H2,1-3H3/t9-/m0/s1. The largest absolute Gasteiger partial charge is 0.444 e. The fourth-order valence-electron chi connectivity index (χ4n) is 1.90. The molecule has 19 heavy (non-hydrogen) atoms. The zero-order chi connectivity index (χ0) is 14.7. The van der Waals surface area contributed by atoms with E-state index in [1.54, 1.807) is 20.8 Å². The molecule has 0 spiro atoms. The van der Waals surface area contributed by atoms with E-state index in [-0.39, 0.29) is 12.6 Å². The minimum Gasteiger partial charge on any atom is -0.444 e. The van der Waals surface area contributed by atoms with E-state index in [0.29, 0.717) is 19.5 Å². The summed E-state index contributed by atoms with van der Waals surface area (Å²) in [7, 11) is 0. The quantitative estimate of drug-likeness (QED) is 0.865. The van der Waals surface area contributed by atoms with E-state index < -0.39 is 24.3 Å². The zero-order valence-corrected chi connectivity index (χ0v) is 11.5. The van der Waals surface area contributed by atoms with Crippen LogP contribution in [0.1, 0.15) is 33.6 Å². The SMILES string of the molecule is CC(C)(C)OC(=O)N(CCC(F)(F)F)[C@H]1CCNC1. The lowest BCUT2D eigenvalue weighted by Gasteiger charge is -2.31. The van der Waals surface area contributed by atoms with Crippen molar-refractivity contribution in [3.05, 3.63) is 0 Å². The Kier molecular flexibility index (Phi) is 5.06. The Morgan fingerprint density at radius 1 is 1.37 bits per heavy atom. The first kappa shape index (κ1) is 16.1. The Balaban J connectivity index is 2.65. The molecule has 1 aliphatic rings. The van der Waals surface area contributed by atoms with Crippen LogP contribution < -0.4 is 5.32 Å². The van der Waals surface area contributed by atoms with Gasteiger partial charge in [-0.05, 0) is 33.7 Å². The number of hydrogen-bond acceptors (Lipinski definition) is 3. The van der Waals surface area contributed by atoms with Crippen LogP contribution in [0.3, 0.4) is 0 Å². The van der Waals surface area contributed by atoms with E-state index in [1.807, 2.05) is 0 Å². The van der Waals surface area contributed by atoms with Gasteiger partial charge in [-0.15, -0.1) is 0 Å². The van der Waals surface area contributed by atoms with Crippen LogP contribution in [0.5, 0.6) is 0 Å². The molecule has 1 N–H and O–H groups in total. The molecule has 1 heterocycles. The third-order valence-corrected chi connectivity index (χ3v) is 2.74. The highest BCUT2D eigenvalue weighted by Crippen LogP contribution is 2.22. The fourth-order valence-corrected chi connectivity index (χ4v) is 1.90. The summed E-state index contributed by atoms with van der Waals surface area (Å²) in [6.45, 7) is 5.94. The van der Waals surface area contributed by atoms with Crippen LogP contribution in [0.25, 0.3) is 0 Å². The maximum atomic E-state index is 12.3. The van der Waals surface area contributed by atoms with Gasteiger partial charge in [0.25, 0.3) is 0 Å². The minimum absolute atomic E-state index is 0.225. The summed E-state index contributed by atoms with van der Waals surface area (Å²) in [6.07, 6.45) is -5.31. The van der Waals surface area contributed by atoms with E-state index >= 15 is 0 Å². The number of nitrogens with zero attached hydrogens (tertiary/aromatic N) is 1. The molecule has 1 aliphatic heterocycles. The van der Waals surface area contributed by atoms with E-state index in [1.165, 1.54) is 4.90 Å². The van der Waals surface area contributed by atoms with Crippen molar-refractivity contribution in [2.45, 2.75) is 51.4 Å². The van der Waals surface area contributed by atoms with Crippen LogP contribution in [0.4, 0.5) is 18.0 Å². The molecule has 0 aliphatic carbocycles. The molecule has 1 rings (SSSR count). The lowest BCUT2D eigenvalue weighted by Crippen LogP contribution is -2.45. The average molecular weight is 282 g/mol. The van der Waals surface area contributed by atoms with Crippen LogP contribution in [-0.2, 0) is 4.74 Å². The van der Waals surface area contributed by atoms with Crippen molar-refractivity contribution in [3.8, 4) is 0 Å². The second-order valence-corrected chi connectivity index (χ2v) is 5.69. The van der Waals surface area contributed by atoms with Gasteiger partial charge in [0.15, 0.2) is 0 Å². The number of carbonyl (C=O) groups excluding carboxylic acids is 1. The summed E-state index contributed by atoms with van der Waals surface area (Å²) >= 11 is 0. The van der Waals surface area contributed by atoms with Crippen molar-refractivity contribution in [1.29, 1.82) is 0 Å². The van der Waals surface area contributed by atoms with Crippen LogP contribution in [0.2, 0.25) is 0 Å². The van der Waals surface area contributed by atoms with Crippen molar-refractivity contribution in [3.63, 3.8) is 0 Å². The van der Waals surface area contributed by atoms with Crippen molar-refractivity contribution in [1.82, 2.24) is 10.2 Å². The van der Waals surface area contributed by atoms with Crippen molar-refractivity contribution < 1.29 is 22.7 Å². The number of amides is 1. The summed E-state index contributed by atoms with van der Waals surface area (Å²) in [5, 5.41) is 3.04. The van der Waals surface area contributed by atoms with Gasteiger partial charge in [0, 0.05) is 19.1 Å². The molecule has 1 fully saturated rings. The van der Waals surface area contributed by atoms with Gasteiger partial charge < -0.3 is 15.0 Å². The zero-order valence-electron chi connectivity index (χ0n) is 11.5. The van der Waals surface area contributed by atoms with Gasteiger partial charge in [-0.3, -0.25) is 0 Å². The number of rotatable bonds is 3. The Bertz CT molecular complexity index is 307. The molecule has 4 nitrogen and oxygen atoms in total. The number of ether oxygens (including phenoxy) is 1. The molecule has 0 radical (unpaired) electrons. The van der Waals surface area contributed by atoms with Crippen LogP contribution in [0, 0.1) is 0 Å². The Morgan fingerprint density at radius 3 is 2.42 bits per heavy atom. The number of nitrogens with one attached hydrogen (secondary N) is 1. The average Bonchev–Trinajstić information content (AvgIpc) is 2.66. The van der Waals surface area contributed by atoms with Gasteiger partial charge in [-0.1, -0.05) is 0 Å². The first-order valence-corrected chi connectivity index (χ1v) is 6.35. The maximum Gasteiger partial charge on any atom is 0.410 e. The third-order valence-electron chi connectivity index (χ3n) is 2.74. The molecule has 1 atom stereocenters. The first-order valence-electron chi connectivity index (χ1n) is 6.35. The van der Waals surface area contributed by atoms with E-state index in [9.17, 15) is 18.0 Å². The van der Waals surface area contributed by atoms with E-state index in [0.717, 1.165) is 0 Å². The molecule has 0 aromatic heterocycles.